The molecule has 1 aromatic heterocycles. The van der Waals surface area contributed by atoms with Crippen molar-refractivity contribution >= 4 is 5.95 Å². The van der Waals surface area contributed by atoms with Crippen molar-refractivity contribution in [1.29, 1.82) is 0 Å². The predicted molar refractivity (Wildman–Crippen MR) is 71.9 cm³/mol. The summed E-state index contributed by atoms with van der Waals surface area (Å²) in [4.78, 5) is 4.37. The van der Waals surface area contributed by atoms with E-state index in [1.165, 1.54) is 0 Å². The molecule has 0 aliphatic rings. The molecule has 2 N–H and O–H groups in total. The Morgan fingerprint density at radius 3 is 2.56 bits per heavy atom. The van der Waals surface area contributed by atoms with Crippen LogP contribution in [-0.2, 0) is 0 Å². The molecular formula is C13H17N5. The first kappa shape index (κ1) is 12.4. The lowest BCUT2D eigenvalue weighted by Crippen LogP contribution is -2.24. The highest BCUT2D eigenvalue weighted by atomic mass is 15.4. The predicted octanol–water partition coefficient (Wildman–Crippen LogP) is 2.17. The maximum absolute atomic E-state index is 4.37. The fraction of sp³-hybridized carbons (Fsp3) is 0.308. The van der Waals surface area contributed by atoms with Crippen molar-refractivity contribution in [3.63, 3.8) is 0 Å². The summed E-state index contributed by atoms with van der Waals surface area (Å²) >= 11 is 0. The van der Waals surface area contributed by atoms with Gasteiger partial charge in [-0.05, 0) is 13.3 Å². The maximum atomic E-state index is 4.37. The van der Waals surface area contributed by atoms with Crippen molar-refractivity contribution in [2.24, 2.45) is 0 Å². The number of benzene rings is 1. The number of hydrogen-bond donors (Lipinski definition) is 2. The van der Waals surface area contributed by atoms with E-state index in [-0.39, 0.29) is 0 Å². The van der Waals surface area contributed by atoms with Gasteiger partial charge in [-0.1, -0.05) is 37.3 Å². The van der Waals surface area contributed by atoms with Gasteiger partial charge in [0, 0.05) is 12.1 Å². The first-order chi connectivity index (χ1) is 8.81. The van der Waals surface area contributed by atoms with Crippen molar-refractivity contribution < 1.29 is 0 Å². The number of hydrogen-bond acceptors (Lipinski definition) is 5. The van der Waals surface area contributed by atoms with E-state index in [2.05, 4.69) is 33.0 Å². The first-order valence-corrected chi connectivity index (χ1v) is 6.07. The number of nitrogens with one attached hydrogen (secondary N) is 2. The van der Waals surface area contributed by atoms with Crippen molar-refractivity contribution in [2.45, 2.75) is 20.3 Å². The van der Waals surface area contributed by atoms with Gasteiger partial charge in [0.15, 0.2) is 0 Å². The third-order valence-electron chi connectivity index (χ3n) is 2.48. The number of aryl methyl sites for hydroxylation is 1. The second kappa shape index (κ2) is 6.07. The van der Waals surface area contributed by atoms with Gasteiger partial charge in [0.2, 0.25) is 0 Å². The highest BCUT2D eigenvalue weighted by Gasteiger charge is 2.06. The number of rotatable bonds is 5. The fourth-order valence-electron chi connectivity index (χ4n) is 1.59. The summed E-state index contributed by atoms with van der Waals surface area (Å²) in [6.45, 7) is 4.89. The SMILES string of the molecule is CCCNNc1nnc(-c2ccccc2)c(C)n1. The number of anilines is 1. The van der Waals surface area contributed by atoms with Crippen LogP contribution in [0, 0.1) is 6.92 Å². The van der Waals surface area contributed by atoms with Crippen LogP contribution in [-0.4, -0.2) is 21.7 Å². The lowest BCUT2D eigenvalue weighted by Gasteiger charge is -2.07. The summed E-state index contributed by atoms with van der Waals surface area (Å²) in [6, 6.07) is 9.93. The van der Waals surface area contributed by atoms with Crippen LogP contribution in [0.4, 0.5) is 5.95 Å². The Balaban J connectivity index is 2.15. The highest BCUT2D eigenvalue weighted by molar-refractivity contribution is 5.60. The summed E-state index contributed by atoms with van der Waals surface area (Å²) < 4.78 is 0. The molecule has 5 heteroatoms. The number of hydrazine groups is 1. The fourth-order valence-corrected chi connectivity index (χ4v) is 1.59. The van der Waals surface area contributed by atoms with Gasteiger partial charge in [0.25, 0.3) is 5.95 Å². The van der Waals surface area contributed by atoms with E-state index < -0.39 is 0 Å². The Morgan fingerprint density at radius 2 is 1.89 bits per heavy atom. The summed E-state index contributed by atoms with van der Waals surface area (Å²) in [5.41, 5.74) is 8.66. The smallest absolute Gasteiger partial charge is 0.257 e. The van der Waals surface area contributed by atoms with Crippen LogP contribution in [0.1, 0.15) is 19.0 Å². The molecule has 1 heterocycles. The molecule has 94 valence electrons. The lowest BCUT2D eigenvalue weighted by atomic mass is 10.1. The molecule has 0 atom stereocenters. The number of nitrogens with zero attached hydrogens (tertiary/aromatic N) is 3. The van der Waals surface area contributed by atoms with Crippen molar-refractivity contribution in [2.75, 3.05) is 12.0 Å². The molecule has 0 fully saturated rings. The molecule has 0 saturated heterocycles. The minimum absolute atomic E-state index is 0.501. The molecule has 0 spiro atoms. The van der Waals surface area contributed by atoms with Gasteiger partial charge in [0.1, 0.15) is 5.69 Å². The van der Waals surface area contributed by atoms with E-state index in [0.29, 0.717) is 5.95 Å². The van der Waals surface area contributed by atoms with Crippen molar-refractivity contribution in [3.05, 3.63) is 36.0 Å². The average molecular weight is 243 g/mol. The Hall–Kier alpha value is -2.01. The monoisotopic (exact) mass is 243 g/mol. The Bertz CT molecular complexity index is 498. The summed E-state index contributed by atoms with van der Waals surface area (Å²) in [5, 5.41) is 8.27. The largest absolute Gasteiger partial charge is 0.288 e. The van der Waals surface area contributed by atoms with Gasteiger partial charge in [0.05, 0.1) is 5.69 Å². The maximum Gasteiger partial charge on any atom is 0.257 e. The van der Waals surface area contributed by atoms with E-state index in [4.69, 9.17) is 0 Å². The third kappa shape index (κ3) is 3.01. The van der Waals surface area contributed by atoms with Gasteiger partial charge >= 0.3 is 0 Å². The van der Waals surface area contributed by atoms with Gasteiger partial charge < -0.3 is 0 Å². The van der Waals surface area contributed by atoms with Gasteiger partial charge in [-0.2, -0.15) is 0 Å². The van der Waals surface area contributed by atoms with Crippen LogP contribution < -0.4 is 10.9 Å². The van der Waals surface area contributed by atoms with Gasteiger partial charge in [-0.25, -0.2) is 10.4 Å². The van der Waals surface area contributed by atoms with Crippen LogP contribution >= 0.6 is 0 Å². The van der Waals surface area contributed by atoms with Crippen LogP contribution in [0.2, 0.25) is 0 Å². The summed E-state index contributed by atoms with van der Waals surface area (Å²) in [7, 11) is 0. The quantitative estimate of drug-likeness (QED) is 0.622. The molecule has 0 saturated carbocycles. The average Bonchev–Trinajstić information content (AvgIpc) is 2.40. The third-order valence-corrected chi connectivity index (χ3v) is 2.48. The van der Waals surface area contributed by atoms with Crippen molar-refractivity contribution in [1.82, 2.24) is 20.6 Å². The minimum atomic E-state index is 0.501. The molecule has 0 aliphatic heterocycles. The normalized spacial score (nSPS) is 10.3. The second-order valence-electron chi connectivity index (χ2n) is 3.99. The first-order valence-electron chi connectivity index (χ1n) is 6.07. The molecule has 0 bridgehead atoms. The Kier molecular flexibility index (Phi) is 4.20. The van der Waals surface area contributed by atoms with E-state index in [1.807, 2.05) is 37.3 Å². The lowest BCUT2D eigenvalue weighted by molar-refractivity contribution is 0.743. The molecule has 0 radical (unpaired) electrons. The molecule has 0 amide bonds. The van der Waals surface area contributed by atoms with Crippen molar-refractivity contribution in [3.8, 4) is 11.3 Å². The molecule has 1 aromatic carbocycles. The molecule has 2 aromatic rings. The van der Waals surface area contributed by atoms with Crippen LogP contribution in [0.3, 0.4) is 0 Å². The zero-order chi connectivity index (χ0) is 12.8. The Morgan fingerprint density at radius 1 is 1.11 bits per heavy atom. The van der Waals surface area contributed by atoms with Gasteiger partial charge in [-0.3, -0.25) is 5.43 Å². The summed E-state index contributed by atoms with van der Waals surface area (Å²) in [5.74, 6) is 0.501. The van der Waals surface area contributed by atoms with Gasteiger partial charge in [-0.15, -0.1) is 10.2 Å². The van der Waals surface area contributed by atoms with E-state index in [1.54, 1.807) is 0 Å². The van der Waals surface area contributed by atoms with Crippen LogP contribution in [0.5, 0.6) is 0 Å². The standard InChI is InChI=1S/C13H17N5/c1-3-9-14-17-13-15-10(2)12(16-18-13)11-7-5-4-6-8-11/h4-8,14H,3,9H2,1-2H3,(H,15,17,18). The Labute approximate surface area is 107 Å². The molecule has 0 unspecified atom stereocenters. The van der Waals surface area contributed by atoms with E-state index in [0.717, 1.165) is 29.9 Å². The zero-order valence-electron chi connectivity index (χ0n) is 10.6. The highest BCUT2D eigenvalue weighted by Crippen LogP contribution is 2.18. The minimum Gasteiger partial charge on any atom is -0.288 e. The number of aromatic nitrogens is 3. The molecule has 5 nitrogen and oxygen atoms in total. The topological polar surface area (TPSA) is 62.7 Å². The van der Waals surface area contributed by atoms with Crippen LogP contribution in [0.25, 0.3) is 11.3 Å². The molecule has 18 heavy (non-hydrogen) atoms. The second-order valence-corrected chi connectivity index (χ2v) is 3.99. The molecule has 0 aliphatic carbocycles. The molecular weight excluding hydrogens is 226 g/mol. The van der Waals surface area contributed by atoms with E-state index >= 15 is 0 Å². The zero-order valence-corrected chi connectivity index (χ0v) is 10.6. The summed E-state index contributed by atoms with van der Waals surface area (Å²) in [6.07, 6.45) is 1.04. The van der Waals surface area contributed by atoms with E-state index in [9.17, 15) is 0 Å². The molecule has 2 rings (SSSR count). The van der Waals surface area contributed by atoms with Crippen LogP contribution in [0.15, 0.2) is 30.3 Å².